The van der Waals surface area contributed by atoms with Gasteiger partial charge in [0.25, 0.3) is 0 Å². The van der Waals surface area contributed by atoms with E-state index >= 15 is 0 Å². The molecule has 0 unspecified atom stereocenters. The van der Waals surface area contributed by atoms with E-state index in [2.05, 4.69) is 66.8 Å². The Balaban J connectivity index is 1.28. The SMILES string of the molecule is [C-]#[N+]C(C#N)=Nc1ccc(-c2cc3c(s2)-c2cc4c(cc2C3(C)C)-c2sc(-c3ccc(N=C(C#N)C#N)s3)cc2C4(C)C)s1. The summed E-state index contributed by atoms with van der Waals surface area (Å²) in [5.41, 5.74) is 7.42. The lowest BCUT2D eigenvalue weighted by Crippen LogP contribution is -2.16. The van der Waals surface area contributed by atoms with Crippen LogP contribution < -0.4 is 0 Å². The fourth-order valence-corrected chi connectivity index (χ4v) is 10.7. The van der Waals surface area contributed by atoms with Crippen LogP contribution in [0.5, 0.6) is 0 Å². The topological polar surface area (TPSA) is 100 Å². The molecule has 4 heterocycles. The summed E-state index contributed by atoms with van der Waals surface area (Å²) < 4.78 is 0. The lowest BCUT2D eigenvalue weighted by atomic mass is 9.79. The van der Waals surface area contributed by atoms with Gasteiger partial charge in [-0.15, -0.1) is 34.0 Å². The molecule has 0 amide bonds. The summed E-state index contributed by atoms with van der Waals surface area (Å²) in [4.78, 5) is 18.6. The lowest BCUT2D eigenvalue weighted by Gasteiger charge is -2.24. The van der Waals surface area contributed by atoms with E-state index in [0.29, 0.717) is 10.0 Å². The molecule has 44 heavy (non-hydrogen) atoms. The van der Waals surface area contributed by atoms with Crippen molar-refractivity contribution in [3.05, 3.63) is 82.2 Å². The summed E-state index contributed by atoms with van der Waals surface area (Å²) in [7, 11) is 0. The van der Waals surface area contributed by atoms with Crippen molar-refractivity contribution in [1.82, 2.24) is 0 Å². The molecular weight excluding hydrogens is 621 g/mol. The summed E-state index contributed by atoms with van der Waals surface area (Å²) in [6, 6.07) is 22.7. The van der Waals surface area contributed by atoms with Crippen LogP contribution in [0.2, 0.25) is 0 Å². The standard InChI is InChI=1S/C34H20N6S4/c1-33(2)20-11-19-21(10-18(20)31-22(33)12-26(43-31)24-6-8-29(41-24)39-17(14-35)15-36)34(3,4)23-13-27(44-32(19)23)25-7-9-30(42-25)40-28(16-37)38-5/h6-13H,1-4H3. The summed E-state index contributed by atoms with van der Waals surface area (Å²) in [6.45, 7) is 16.3. The third kappa shape index (κ3) is 4.12. The van der Waals surface area contributed by atoms with Crippen LogP contribution in [-0.4, -0.2) is 11.5 Å². The number of fused-ring (bicyclic) bond motifs is 6. The second kappa shape index (κ2) is 9.93. The highest BCUT2D eigenvalue weighted by Gasteiger charge is 2.43. The molecule has 0 saturated heterocycles. The molecule has 0 fully saturated rings. The van der Waals surface area contributed by atoms with Gasteiger partial charge in [-0.3, -0.25) is 0 Å². The largest absolute Gasteiger partial charge is 0.351 e. The van der Waals surface area contributed by atoms with E-state index < -0.39 is 0 Å². The van der Waals surface area contributed by atoms with Crippen molar-refractivity contribution in [2.45, 2.75) is 38.5 Å². The third-order valence-corrected chi connectivity index (χ3v) is 13.0. The molecule has 2 aliphatic rings. The van der Waals surface area contributed by atoms with Crippen LogP contribution in [0.15, 0.2) is 58.5 Å². The quantitative estimate of drug-likeness (QED) is 0.111. The fraction of sp³-hybridized carbons (Fsp3) is 0.176. The molecular formula is C34H20N6S4. The molecule has 0 N–H and O–H groups in total. The van der Waals surface area contributed by atoms with Crippen molar-refractivity contribution >= 4 is 66.9 Å². The van der Waals surface area contributed by atoms with E-state index in [9.17, 15) is 0 Å². The molecule has 0 aliphatic heterocycles. The first-order chi connectivity index (χ1) is 21.1. The zero-order chi connectivity index (χ0) is 31.0. The van der Waals surface area contributed by atoms with Gasteiger partial charge in [0.2, 0.25) is 10.7 Å². The molecule has 0 bridgehead atoms. The van der Waals surface area contributed by atoms with Crippen molar-refractivity contribution in [3.63, 3.8) is 0 Å². The van der Waals surface area contributed by atoms with Crippen LogP contribution in [0.25, 0.3) is 45.2 Å². The Morgan fingerprint density at radius 3 is 1.55 bits per heavy atom. The molecule has 1 aromatic carbocycles. The Hall–Kier alpha value is -4.68. The minimum Gasteiger partial charge on any atom is -0.351 e. The van der Waals surface area contributed by atoms with E-state index in [1.165, 1.54) is 70.7 Å². The maximum Gasteiger partial charge on any atom is 0.350 e. The molecule has 4 aromatic heterocycles. The van der Waals surface area contributed by atoms with Crippen LogP contribution in [0.4, 0.5) is 10.0 Å². The summed E-state index contributed by atoms with van der Waals surface area (Å²) in [5.74, 6) is -0.154. The number of aliphatic imine (C=N–C) groups is 2. The number of amidine groups is 1. The van der Waals surface area contributed by atoms with Crippen molar-refractivity contribution in [2.75, 3.05) is 0 Å². The van der Waals surface area contributed by atoms with Gasteiger partial charge >= 0.3 is 5.84 Å². The van der Waals surface area contributed by atoms with Crippen molar-refractivity contribution in [3.8, 4) is 58.6 Å². The maximum absolute atomic E-state index is 9.09. The average molecular weight is 641 g/mol. The predicted octanol–water partition coefficient (Wildman–Crippen LogP) is 10.5. The van der Waals surface area contributed by atoms with Gasteiger partial charge in [0.1, 0.15) is 23.2 Å². The summed E-state index contributed by atoms with van der Waals surface area (Å²) in [6.07, 6.45) is 0. The summed E-state index contributed by atoms with van der Waals surface area (Å²) in [5, 5.41) is 28.6. The molecule has 0 atom stereocenters. The monoisotopic (exact) mass is 640 g/mol. The van der Waals surface area contributed by atoms with Crippen molar-refractivity contribution < 1.29 is 0 Å². The number of nitriles is 3. The first-order valence-electron chi connectivity index (χ1n) is 13.5. The van der Waals surface area contributed by atoms with Gasteiger partial charge in [-0.05, 0) is 81.9 Å². The third-order valence-electron chi connectivity index (χ3n) is 8.33. The Bertz CT molecular complexity index is 2090. The predicted molar refractivity (Wildman–Crippen MR) is 182 cm³/mol. The van der Waals surface area contributed by atoms with E-state index in [1.807, 2.05) is 42.5 Å². The fourth-order valence-electron chi connectivity index (χ4n) is 6.06. The van der Waals surface area contributed by atoms with Crippen molar-refractivity contribution in [1.29, 1.82) is 15.8 Å². The van der Waals surface area contributed by atoms with E-state index in [1.54, 1.807) is 22.7 Å². The van der Waals surface area contributed by atoms with Gasteiger partial charge in [0.15, 0.2) is 0 Å². The second-order valence-electron chi connectivity index (χ2n) is 11.5. The lowest BCUT2D eigenvalue weighted by molar-refractivity contribution is 0.653. The first-order valence-corrected chi connectivity index (χ1v) is 16.8. The van der Waals surface area contributed by atoms with E-state index in [4.69, 9.17) is 22.4 Å². The summed E-state index contributed by atoms with van der Waals surface area (Å²) >= 11 is 6.57. The zero-order valence-electron chi connectivity index (χ0n) is 23.9. The van der Waals surface area contributed by atoms with Crippen LogP contribution in [0.3, 0.4) is 0 Å². The Morgan fingerprint density at radius 1 is 0.636 bits per heavy atom. The van der Waals surface area contributed by atoms with Crippen LogP contribution in [0, 0.1) is 40.6 Å². The number of hydrogen-bond donors (Lipinski definition) is 0. The normalized spacial score (nSPS) is 14.8. The molecule has 210 valence electrons. The molecule has 0 spiro atoms. The van der Waals surface area contributed by atoms with E-state index in [-0.39, 0.29) is 22.4 Å². The Kier molecular flexibility index (Phi) is 6.34. The highest BCUT2D eigenvalue weighted by atomic mass is 32.1. The molecule has 7 rings (SSSR count). The average Bonchev–Trinajstić information content (AvgIpc) is 3.84. The Morgan fingerprint density at radius 2 is 1.11 bits per heavy atom. The zero-order valence-corrected chi connectivity index (χ0v) is 27.2. The highest BCUT2D eigenvalue weighted by molar-refractivity contribution is 7.26. The number of hydrogen-bond acceptors (Lipinski definition) is 9. The van der Waals surface area contributed by atoms with Crippen LogP contribution >= 0.6 is 45.3 Å². The number of thiophene rings is 4. The van der Waals surface area contributed by atoms with Crippen molar-refractivity contribution in [2.24, 2.45) is 9.98 Å². The number of benzene rings is 1. The molecule has 5 aromatic rings. The smallest absolute Gasteiger partial charge is 0.350 e. The molecule has 0 saturated carbocycles. The molecule has 0 radical (unpaired) electrons. The number of nitrogens with zero attached hydrogens (tertiary/aromatic N) is 6. The number of rotatable bonds is 4. The van der Waals surface area contributed by atoms with Gasteiger partial charge in [-0.1, -0.05) is 50.6 Å². The highest BCUT2D eigenvalue weighted by Crippen LogP contribution is 2.61. The second-order valence-corrected chi connectivity index (χ2v) is 15.7. The minimum absolute atomic E-state index is 0.140. The first kappa shape index (κ1) is 28.1. The van der Waals surface area contributed by atoms with Gasteiger partial charge in [-0.2, -0.15) is 10.5 Å². The molecule has 2 aliphatic carbocycles. The van der Waals surface area contributed by atoms with Crippen LogP contribution in [-0.2, 0) is 10.8 Å². The Labute approximate surface area is 270 Å². The minimum atomic E-state index is -0.170. The van der Waals surface area contributed by atoms with E-state index in [0.717, 1.165) is 14.6 Å². The van der Waals surface area contributed by atoms with Gasteiger partial charge in [0.05, 0.1) is 0 Å². The van der Waals surface area contributed by atoms with Gasteiger partial charge < -0.3 is 4.85 Å². The maximum atomic E-state index is 9.09. The molecule has 6 nitrogen and oxygen atoms in total. The van der Waals surface area contributed by atoms with Crippen LogP contribution in [0.1, 0.15) is 49.9 Å². The van der Waals surface area contributed by atoms with Gasteiger partial charge in [0, 0.05) is 40.1 Å². The van der Waals surface area contributed by atoms with Gasteiger partial charge in [-0.25, -0.2) is 10.3 Å². The molecule has 10 heteroatoms.